The van der Waals surface area contributed by atoms with Crippen molar-refractivity contribution in [3.8, 4) is 0 Å². The van der Waals surface area contributed by atoms with Crippen molar-refractivity contribution >= 4 is 21.8 Å². The van der Waals surface area contributed by atoms with Crippen LogP contribution in [0.3, 0.4) is 0 Å². The first kappa shape index (κ1) is 24.4. The average molecular weight is 485 g/mol. The summed E-state index contributed by atoms with van der Waals surface area (Å²) < 4.78 is 27.4. The van der Waals surface area contributed by atoms with Crippen molar-refractivity contribution in [1.29, 1.82) is 0 Å². The monoisotopic (exact) mass is 484 g/mol. The third kappa shape index (κ3) is 5.32. The smallest absolute Gasteiger partial charge is 0.244 e. The molecule has 0 bridgehead atoms. The maximum absolute atomic E-state index is 13.3. The van der Waals surface area contributed by atoms with Crippen LogP contribution in [0.5, 0.6) is 0 Å². The lowest BCUT2D eigenvalue weighted by Crippen LogP contribution is -2.56. The molecule has 34 heavy (non-hydrogen) atoms. The Balaban J connectivity index is 1.42. The van der Waals surface area contributed by atoms with Gasteiger partial charge < -0.3 is 11.1 Å². The van der Waals surface area contributed by atoms with E-state index in [0.29, 0.717) is 36.6 Å². The molecule has 1 aliphatic carbocycles. The van der Waals surface area contributed by atoms with Crippen molar-refractivity contribution in [3.63, 3.8) is 0 Å². The topological polar surface area (TPSA) is 113 Å². The minimum Gasteiger partial charge on any atom is -0.368 e. The molecule has 3 atom stereocenters. The van der Waals surface area contributed by atoms with Crippen molar-refractivity contribution in [3.05, 3.63) is 66.2 Å². The minimum absolute atomic E-state index is 0.0135. The van der Waals surface area contributed by atoms with Crippen LogP contribution in [-0.2, 0) is 19.6 Å². The largest absolute Gasteiger partial charge is 0.368 e. The second-order valence-electron chi connectivity index (χ2n) is 8.97. The lowest BCUT2D eigenvalue weighted by Gasteiger charge is -2.43. The predicted molar refractivity (Wildman–Crippen MR) is 129 cm³/mol. The van der Waals surface area contributed by atoms with Gasteiger partial charge in [0, 0.05) is 32.2 Å². The van der Waals surface area contributed by atoms with Gasteiger partial charge in [-0.3, -0.25) is 14.5 Å². The van der Waals surface area contributed by atoms with E-state index in [9.17, 15) is 18.0 Å². The highest BCUT2D eigenvalue weighted by Crippen LogP contribution is 2.31. The van der Waals surface area contributed by atoms with Gasteiger partial charge in [-0.2, -0.15) is 4.31 Å². The summed E-state index contributed by atoms with van der Waals surface area (Å²) in [5.74, 6) is -1.03. The highest BCUT2D eigenvalue weighted by Gasteiger charge is 2.39. The molecule has 1 heterocycles. The number of hydrogen-bond acceptors (Lipinski definition) is 5. The number of primary amides is 1. The third-order valence-corrected chi connectivity index (χ3v) is 8.81. The quantitative estimate of drug-likeness (QED) is 0.623. The molecule has 3 N–H and O–H groups in total. The summed E-state index contributed by atoms with van der Waals surface area (Å²) in [7, 11) is -3.53. The maximum Gasteiger partial charge on any atom is 0.244 e. The minimum atomic E-state index is -3.53. The van der Waals surface area contributed by atoms with Gasteiger partial charge in [-0.1, -0.05) is 61.4 Å². The first-order valence-electron chi connectivity index (χ1n) is 11.8. The van der Waals surface area contributed by atoms with Gasteiger partial charge in [0.25, 0.3) is 0 Å². The molecule has 9 heteroatoms. The normalized spacial score (nSPS) is 23.2. The van der Waals surface area contributed by atoms with Crippen molar-refractivity contribution in [2.45, 2.75) is 42.7 Å². The van der Waals surface area contributed by atoms with Gasteiger partial charge in [0.15, 0.2) is 0 Å². The lowest BCUT2D eigenvalue weighted by molar-refractivity contribution is -0.133. The van der Waals surface area contributed by atoms with Crippen molar-refractivity contribution in [1.82, 2.24) is 14.5 Å². The summed E-state index contributed by atoms with van der Waals surface area (Å²) in [6.07, 6.45) is 3.58. The number of amides is 2. The van der Waals surface area contributed by atoms with E-state index in [-0.39, 0.29) is 17.9 Å². The molecule has 2 fully saturated rings. The number of rotatable bonds is 7. The summed E-state index contributed by atoms with van der Waals surface area (Å²) in [6.45, 7) is 1.91. The Morgan fingerprint density at radius 3 is 2.09 bits per heavy atom. The summed E-state index contributed by atoms with van der Waals surface area (Å²) >= 11 is 0. The molecule has 2 aliphatic rings. The van der Waals surface area contributed by atoms with E-state index < -0.39 is 22.0 Å². The number of nitrogens with one attached hydrogen (secondary N) is 1. The first-order chi connectivity index (χ1) is 16.4. The van der Waals surface area contributed by atoms with Crippen LogP contribution in [0.25, 0.3) is 0 Å². The van der Waals surface area contributed by atoms with Crippen LogP contribution in [0.15, 0.2) is 65.6 Å². The van der Waals surface area contributed by atoms with E-state index in [0.717, 1.165) is 25.7 Å². The van der Waals surface area contributed by atoms with Crippen LogP contribution in [0, 0.1) is 5.92 Å². The second kappa shape index (κ2) is 10.7. The Bertz CT molecular complexity index is 1090. The maximum atomic E-state index is 13.3. The van der Waals surface area contributed by atoms with Crippen LogP contribution in [-0.4, -0.2) is 61.7 Å². The molecule has 2 aromatic rings. The Labute approximate surface area is 201 Å². The standard InChI is InChI=1S/C25H32N4O4S/c26-24(30)23(19-9-3-1-4-10-19)27-25(31)21-13-7-8-14-22(21)28-15-17-29(18-16-28)34(32,33)20-11-5-2-6-12-20/h1-6,9-12,21-23H,7-8,13-18H2,(H2,26,30)(H,27,31)/t21-,22-,23?/m1/s1. The number of piperazine rings is 1. The third-order valence-electron chi connectivity index (χ3n) is 6.89. The molecule has 1 saturated carbocycles. The first-order valence-corrected chi connectivity index (χ1v) is 13.3. The SMILES string of the molecule is NC(=O)C(NC(=O)[C@@H]1CCCC[C@H]1N1CCN(S(=O)(=O)c2ccccc2)CC1)c1ccccc1. The highest BCUT2D eigenvalue weighted by molar-refractivity contribution is 7.89. The molecule has 182 valence electrons. The zero-order chi connectivity index (χ0) is 24.1. The summed E-state index contributed by atoms with van der Waals surface area (Å²) in [6, 6.07) is 16.6. The van der Waals surface area contributed by atoms with Crippen molar-refractivity contribution < 1.29 is 18.0 Å². The fraction of sp³-hybridized carbons (Fsp3) is 0.440. The molecule has 0 radical (unpaired) electrons. The molecular weight excluding hydrogens is 452 g/mol. The van der Waals surface area contributed by atoms with Gasteiger partial charge >= 0.3 is 0 Å². The molecule has 0 spiro atoms. The summed E-state index contributed by atoms with van der Waals surface area (Å²) in [4.78, 5) is 27.9. The van der Waals surface area contributed by atoms with Gasteiger partial charge in [-0.15, -0.1) is 0 Å². The van der Waals surface area contributed by atoms with Gasteiger partial charge in [-0.25, -0.2) is 8.42 Å². The van der Waals surface area contributed by atoms with E-state index in [1.165, 1.54) is 4.31 Å². The van der Waals surface area contributed by atoms with Gasteiger partial charge in [0.05, 0.1) is 10.8 Å². The van der Waals surface area contributed by atoms with E-state index in [4.69, 9.17) is 5.73 Å². The number of hydrogen-bond donors (Lipinski definition) is 2. The Hall–Kier alpha value is -2.75. The van der Waals surface area contributed by atoms with Gasteiger partial charge in [0.1, 0.15) is 6.04 Å². The second-order valence-corrected chi connectivity index (χ2v) is 10.9. The van der Waals surface area contributed by atoms with E-state index in [2.05, 4.69) is 10.2 Å². The summed E-state index contributed by atoms with van der Waals surface area (Å²) in [5, 5.41) is 2.88. The van der Waals surface area contributed by atoms with Crippen LogP contribution in [0.4, 0.5) is 0 Å². The molecule has 1 saturated heterocycles. The van der Waals surface area contributed by atoms with Gasteiger partial charge in [-0.05, 0) is 30.5 Å². The molecule has 8 nitrogen and oxygen atoms in total. The van der Waals surface area contributed by atoms with E-state index in [1.54, 1.807) is 42.5 Å². The van der Waals surface area contributed by atoms with Gasteiger partial charge in [0.2, 0.25) is 21.8 Å². The predicted octanol–water partition coefficient (Wildman–Crippen LogP) is 1.89. The zero-order valence-electron chi connectivity index (χ0n) is 19.2. The number of carbonyl (C=O) groups is 2. The summed E-state index contributed by atoms with van der Waals surface area (Å²) in [5.41, 5.74) is 6.26. The van der Waals surface area contributed by atoms with Crippen LogP contribution < -0.4 is 11.1 Å². The number of benzene rings is 2. The van der Waals surface area contributed by atoms with Crippen molar-refractivity contribution in [2.24, 2.45) is 11.7 Å². The van der Waals surface area contributed by atoms with Crippen LogP contribution in [0.1, 0.15) is 37.3 Å². The molecule has 0 aromatic heterocycles. The Morgan fingerprint density at radius 2 is 1.47 bits per heavy atom. The molecule has 2 aromatic carbocycles. The highest BCUT2D eigenvalue weighted by atomic mass is 32.2. The van der Waals surface area contributed by atoms with Crippen LogP contribution >= 0.6 is 0 Å². The molecule has 1 aliphatic heterocycles. The lowest BCUT2D eigenvalue weighted by atomic mass is 9.82. The van der Waals surface area contributed by atoms with E-state index in [1.807, 2.05) is 18.2 Å². The number of carbonyl (C=O) groups excluding carboxylic acids is 2. The van der Waals surface area contributed by atoms with Crippen LogP contribution in [0.2, 0.25) is 0 Å². The van der Waals surface area contributed by atoms with E-state index >= 15 is 0 Å². The number of nitrogens with two attached hydrogens (primary N) is 1. The molecule has 1 unspecified atom stereocenters. The molecular formula is C25H32N4O4S. The fourth-order valence-corrected chi connectivity index (χ4v) is 6.53. The fourth-order valence-electron chi connectivity index (χ4n) is 5.08. The Kier molecular flexibility index (Phi) is 7.65. The van der Waals surface area contributed by atoms with Crippen molar-refractivity contribution in [2.75, 3.05) is 26.2 Å². The Morgan fingerprint density at radius 1 is 0.882 bits per heavy atom. The molecule has 4 rings (SSSR count). The average Bonchev–Trinajstić information content (AvgIpc) is 2.88. The number of sulfonamides is 1. The molecule has 2 amide bonds. The zero-order valence-corrected chi connectivity index (χ0v) is 20.0. The number of nitrogens with zero attached hydrogens (tertiary/aromatic N) is 2.